The van der Waals surface area contributed by atoms with Crippen molar-refractivity contribution in [3.63, 3.8) is 0 Å². The molecule has 0 saturated carbocycles. The van der Waals surface area contributed by atoms with Gasteiger partial charge in [0.2, 0.25) is 0 Å². The van der Waals surface area contributed by atoms with Crippen LogP contribution in [0.15, 0.2) is 42.6 Å². The summed E-state index contributed by atoms with van der Waals surface area (Å²) in [6, 6.07) is 14.2. The van der Waals surface area contributed by atoms with Gasteiger partial charge in [0.05, 0.1) is 11.2 Å². The zero-order chi connectivity index (χ0) is 14.1. The third-order valence-corrected chi connectivity index (χ3v) is 3.34. The van der Waals surface area contributed by atoms with Crippen LogP contribution in [-0.2, 0) is 0 Å². The van der Waals surface area contributed by atoms with Crippen molar-refractivity contribution in [1.29, 1.82) is 5.26 Å². The molecule has 0 aliphatic carbocycles. The van der Waals surface area contributed by atoms with Crippen LogP contribution < -0.4 is 5.32 Å². The minimum absolute atomic E-state index is 0.447. The Morgan fingerprint density at radius 1 is 1.15 bits per heavy atom. The standard InChI is InChI=1S/C16H14N4/c1-11-3-5-12(6-4-11)16-19-14(9-17)15-8-7-13(18-2)10-20(15)16/h3-8,10,18H,1-2H3. The molecule has 0 aliphatic rings. The minimum atomic E-state index is 0.447. The van der Waals surface area contributed by atoms with Crippen LogP contribution in [0.3, 0.4) is 0 Å². The highest BCUT2D eigenvalue weighted by molar-refractivity contribution is 5.70. The molecule has 0 radical (unpaired) electrons. The van der Waals surface area contributed by atoms with Gasteiger partial charge in [-0.1, -0.05) is 29.8 Å². The highest BCUT2D eigenvalue weighted by Gasteiger charge is 2.12. The van der Waals surface area contributed by atoms with Crippen molar-refractivity contribution in [3.05, 3.63) is 53.9 Å². The molecule has 4 heteroatoms. The molecule has 3 rings (SSSR count). The van der Waals surface area contributed by atoms with Crippen LogP contribution in [-0.4, -0.2) is 16.4 Å². The number of pyridine rings is 1. The Morgan fingerprint density at radius 2 is 1.90 bits per heavy atom. The maximum atomic E-state index is 9.23. The summed E-state index contributed by atoms with van der Waals surface area (Å²) in [5.41, 5.74) is 4.45. The third kappa shape index (κ3) is 1.90. The number of benzene rings is 1. The quantitative estimate of drug-likeness (QED) is 0.771. The molecular formula is C16H14N4. The van der Waals surface area contributed by atoms with E-state index in [0.717, 1.165) is 22.6 Å². The predicted octanol–water partition coefficient (Wildman–Crippen LogP) is 3.22. The summed E-state index contributed by atoms with van der Waals surface area (Å²) in [4.78, 5) is 4.46. The van der Waals surface area contributed by atoms with Gasteiger partial charge in [-0.25, -0.2) is 4.98 Å². The van der Waals surface area contributed by atoms with Crippen LogP contribution in [0.1, 0.15) is 11.3 Å². The maximum absolute atomic E-state index is 9.23. The highest BCUT2D eigenvalue weighted by atomic mass is 15.0. The van der Waals surface area contributed by atoms with Crippen LogP contribution in [0.25, 0.3) is 16.9 Å². The normalized spacial score (nSPS) is 10.4. The lowest BCUT2D eigenvalue weighted by molar-refractivity contribution is 1.16. The van der Waals surface area contributed by atoms with Gasteiger partial charge in [-0.05, 0) is 19.1 Å². The molecule has 4 nitrogen and oxygen atoms in total. The molecule has 20 heavy (non-hydrogen) atoms. The van der Waals surface area contributed by atoms with Gasteiger partial charge in [0.1, 0.15) is 11.9 Å². The molecule has 98 valence electrons. The molecular weight excluding hydrogens is 248 g/mol. The molecule has 1 N–H and O–H groups in total. The lowest BCUT2D eigenvalue weighted by Gasteiger charge is -2.05. The summed E-state index contributed by atoms with van der Waals surface area (Å²) in [6.07, 6.45) is 1.96. The Bertz CT molecular complexity index is 807. The summed E-state index contributed by atoms with van der Waals surface area (Å²) < 4.78 is 1.95. The number of fused-ring (bicyclic) bond motifs is 1. The number of aryl methyl sites for hydroxylation is 1. The van der Waals surface area contributed by atoms with E-state index >= 15 is 0 Å². The molecule has 0 spiro atoms. The fourth-order valence-electron chi connectivity index (χ4n) is 2.22. The van der Waals surface area contributed by atoms with Gasteiger partial charge in [0.25, 0.3) is 0 Å². The van der Waals surface area contributed by atoms with Gasteiger partial charge < -0.3 is 5.32 Å². The van der Waals surface area contributed by atoms with Crippen molar-refractivity contribution in [1.82, 2.24) is 9.38 Å². The summed E-state index contributed by atoms with van der Waals surface area (Å²) in [5.74, 6) is 0.786. The minimum Gasteiger partial charge on any atom is -0.387 e. The van der Waals surface area contributed by atoms with E-state index in [0.29, 0.717) is 5.69 Å². The third-order valence-electron chi connectivity index (χ3n) is 3.34. The van der Waals surface area contributed by atoms with Crippen molar-refractivity contribution >= 4 is 11.2 Å². The largest absolute Gasteiger partial charge is 0.387 e. The smallest absolute Gasteiger partial charge is 0.166 e. The van der Waals surface area contributed by atoms with Crippen LogP contribution in [0.4, 0.5) is 5.69 Å². The zero-order valence-corrected chi connectivity index (χ0v) is 11.4. The van der Waals surface area contributed by atoms with Gasteiger partial charge in [-0.3, -0.25) is 4.40 Å². The van der Waals surface area contributed by atoms with Crippen molar-refractivity contribution < 1.29 is 0 Å². The fraction of sp³-hybridized carbons (Fsp3) is 0.125. The molecule has 0 unspecified atom stereocenters. The summed E-state index contributed by atoms with van der Waals surface area (Å²) in [7, 11) is 1.87. The fourth-order valence-corrected chi connectivity index (χ4v) is 2.22. The van der Waals surface area contributed by atoms with Gasteiger partial charge in [0, 0.05) is 18.8 Å². The van der Waals surface area contributed by atoms with Crippen LogP contribution in [0, 0.1) is 18.3 Å². The van der Waals surface area contributed by atoms with Crippen LogP contribution in [0.5, 0.6) is 0 Å². The van der Waals surface area contributed by atoms with E-state index in [9.17, 15) is 5.26 Å². The molecule has 3 aromatic rings. The van der Waals surface area contributed by atoms with E-state index in [4.69, 9.17) is 0 Å². The van der Waals surface area contributed by atoms with Crippen molar-refractivity contribution in [2.45, 2.75) is 6.92 Å². The van der Waals surface area contributed by atoms with Gasteiger partial charge in [0.15, 0.2) is 5.69 Å². The highest BCUT2D eigenvalue weighted by Crippen LogP contribution is 2.24. The van der Waals surface area contributed by atoms with Crippen molar-refractivity contribution in [2.75, 3.05) is 12.4 Å². The van der Waals surface area contributed by atoms with Gasteiger partial charge in [-0.15, -0.1) is 0 Å². The summed E-state index contributed by atoms with van der Waals surface area (Å²) in [5, 5.41) is 12.3. The lowest BCUT2D eigenvalue weighted by Crippen LogP contribution is -1.94. The number of anilines is 1. The predicted molar refractivity (Wildman–Crippen MR) is 79.6 cm³/mol. The Hall–Kier alpha value is -2.80. The summed E-state index contributed by atoms with van der Waals surface area (Å²) in [6.45, 7) is 2.05. The summed E-state index contributed by atoms with van der Waals surface area (Å²) >= 11 is 0. The first-order valence-electron chi connectivity index (χ1n) is 6.40. The molecule has 0 amide bonds. The second-order valence-electron chi connectivity index (χ2n) is 4.68. The number of aromatic nitrogens is 2. The first kappa shape index (κ1) is 12.2. The van der Waals surface area contributed by atoms with Gasteiger partial charge in [-0.2, -0.15) is 5.26 Å². The monoisotopic (exact) mass is 262 g/mol. The van der Waals surface area contributed by atoms with E-state index in [-0.39, 0.29) is 0 Å². The van der Waals surface area contributed by atoms with Crippen molar-refractivity contribution in [3.8, 4) is 17.5 Å². The molecule has 0 bridgehead atoms. The maximum Gasteiger partial charge on any atom is 0.166 e. The molecule has 0 saturated heterocycles. The molecule has 0 fully saturated rings. The van der Waals surface area contributed by atoms with Crippen LogP contribution >= 0.6 is 0 Å². The Balaban J connectivity index is 2.29. The van der Waals surface area contributed by atoms with E-state index in [2.05, 4.69) is 16.4 Å². The number of imidazole rings is 1. The Kier molecular flexibility index (Phi) is 2.88. The first-order chi connectivity index (χ1) is 9.72. The number of nitriles is 1. The van der Waals surface area contributed by atoms with E-state index < -0.39 is 0 Å². The Morgan fingerprint density at radius 3 is 2.55 bits per heavy atom. The molecule has 2 aromatic heterocycles. The van der Waals surface area contributed by atoms with E-state index in [1.165, 1.54) is 5.56 Å². The number of hydrogen-bond acceptors (Lipinski definition) is 3. The molecule has 1 aromatic carbocycles. The Labute approximate surface area is 117 Å². The second kappa shape index (κ2) is 4.71. The molecule has 0 aliphatic heterocycles. The number of rotatable bonds is 2. The molecule has 0 atom stereocenters. The second-order valence-corrected chi connectivity index (χ2v) is 4.68. The van der Waals surface area contributed by atoms with Crippen LogP contribution in [0.2, 0.25) is 0 Å². The first-order valence-corrected chi connectivity index (χ1v) is 6.40. The lowest BCUT2D eigenvalue weighted by atomic mass is 10.1. The number of nitrogens with zero attached hydrogens (tertiary/aromatic N) is 3. The zero-order valence-electron chi connectivity index (χ0n) is 11.4. The van der Waals surface area contributed by atoms with Crippen molar-refractivity contribution in [2.24, 2.45) is 0 Å². The number of nitrogens with one attached hydrogen (secondary N) is 1. The SMILES string of the molecule is CNc1ccc2c(C#N)nc(-c3ccc(C)cc3)n2c1. The average molecular weight is 262 g/mol. The topological polar surface area (TPSA) is 53.1 Å². The number of hydrogen-bond donors (Lipinski definition) is 1. The average Bonchev–Trinajstić information content (AvgIpc) is 2.86. The van der Waals surface area contributed by atoms with E-state index in [1.807, 2.05) is 61.0 Å². The van der Waals surface area contributed by atoms with E-state index in [1.54, 1.807) is 0 Å². The van der Waals surface area contributed by atoms with Gasteiger partial charge >= 0.3 is 0 Å². The molecule has 2 heterocycles.